The first-order chi connectivity index (χ1) is 16.1. The van der Waals surface area contributed by atoms with E-state index in [4.69, 9.17) is 30.8 Å². The van der Waals surface area contributed by atoms with Gasteiger partial charge >= 0.3 is 0 Å². The average Bonchev–Trinajstić information content (AvgIpc) is 3.57. The summed E-state index contributed by atoms with van der Waals surface area (Å²) in [7, 11) is 0. The van der Waals surface area contributed by atoms with Crippen molar-refractivity contribution in [2.45, 2.75) is 31.0 Å². The van der Waals surface area contributed by atoms with Crippen LogP contribution in [0.3, 0.4) is 0 Å². The zero-order chi connectivity index (χ0) is 22.8. The fourth-order valence-electron chi connectivity index (χ4n) is 3.24. The molecule has 170 valence electrons. The maximum atomic E-state index is 13.3. The van der Waals surface area contributed by atoms with Gasteiger partial charge in [-0.25, -0.2) is 9.37 Å². The quantitative estimate of drug-likeness (QED) is 0.280. The summed E-state index contributed by atoms with van der Waals surface area (Å²) in [5, 5.41) is 12.3. The highest BCUT2D eigenvalue weighted by molar-refractivity contribution is 7.98. The van der Waals surface area contributed by atoms with E-state index in [1.807, 2.05) is 35.1 Å². The van der Waals surface area contributed by atoms with E-state index in [0.29, 0.717) is 23.9 Å². The van der Waals surface area contributed by atoms with Crippen LogP contribution in [0.5, 0.6) is 17.2 Å². The summed E-state index contributed by atoms with van der Waals surface area (Å²) in [6.07, 6.45) is 0. The van der Waals surface area contributed by atoms with Gasteiger partial charge in [-0.2, -0.15) is 0 Å². The van der Waals surface area contributed by atoms with Gasteiger partial charge in [-0.05, 0) is 37.3 Å². The Morgan fingerprint density at radius 1 is 1.18 bits per heavy atom. The minimum atomic E-state index is -0.483. The molecule has 0 saturated carbocycles. The van der Waals surface area contributed by atoms with E-state index in [1.54, 1.807) is 23.1 Å². The third-order valence-corrected chi connectivity index (χ3v) is 7.12. The Kier molecular flexibility index (Phi) is 6.39. The summed E-state index contributed by atoms with van der Waals surface area (Å²) in [6.45, 7) is 3.17. The second-order valence-electron chi connectivity index (χ2n) is 7.01. The van der Waals surface area contributed by atoms with Crippen molar-refractivity contribution in [1.82, 2.24) is 19.7 Å². The van der Waals surface area contributed by atoms with Crippen LogP contribution in [-0.4, -0.2) is 26.5 Å². The minimum absolute atomic E-state index is 0.0177. The molecule has 0 saturated heterocycles. The lowest BCUT2D eigenvalue weighted by molar-refractivity contribution is 0.174. The minimum Gasteiger partial charge on any atom is -0.486 e. The van der Waals surface area contributed by atoms with Gasteiger partial charge in [0, 0.05) is 29.3 Å². The first-order valence-corrected chi connectivity index (χ1v) is 12.3. The molecular formula is C22H18ClFN4O3S2. The standard InChI is InChI=1S/C22H18ClFN4O3S2/c1-2-28-20(9-29-15-4-5-17(24)16(23)8-15)26-27-22(28)33-11-14-10-32-21(25-14)13-3-6-18-19(7-13)31-12-30-18/h3-8,10H,2,9,11-12H2,1H3. The molecule has 0 amide bonds. The summed E-state index contributed by atoms with van der Waals surface area (Å²) in [6, 6.07) is 10.1. The molecule has 0 bridgehead atoms. The van der Waals surface area contributed by atoms with Gasteiger partial charge in [0.05, 0.1) is 10.7 Å². The van der Waals surface area contributed by atoms with Crippen molar-refractivity contribution in [3.05, 3.63) is 64.1 Å². The molecule has 1 aliphatic rings. The second kappa shape index (κ2) is 9.58. The average molecular weight is 505 g/mol. The molecule has 7 nitrogen and oxygen atoms in total. The molecule has 5 rings (SSSR count). The van der Waals surface area contributed by atoms with E-state index in [0.717, 1.165) is 32.9 Å². The molecule has 3 heterocycles. The molecule has 33 heavy (non-hydrogen) atoms. The van der Waals surface area contributed by atoms with Crippen LogP contribution >= 0.6 is 34.7 Å². The van der Waals surface area contributed by atoms with Gasteiger partial charge in [-0.1, -0.05) is 23.4 Å². The van der Waals surface area contributed by atoms with Gasteiger partial charge in [0.2, 0.25) is 6.79 Å². The lowest BCUT2D eigenvalue weighted by atomic mass is 10.2. The molecule has 0 radical (unpaired) electrons. The van der Waals surface area contributed by atoms with Gasteiger partial charge in [0.1, 0.15) is 23.2 Å². The highest BCUT2D eigenvalue weighted by atomic mass is 35.5. The predicted molar refractivity (Wildman–Crippen MR) is 125 cm³/mol. The monoisotopic (exact) mass is 504 g/mol. The summed E-state index contributed by atoms with van der Waals surface area (Å²) >= 11 is 8.96. The van der Waals surface area contributed by atoms with Gasteiger partial charge in [-0.3, -0.25) is 0 Å². The van der Waals surface area contributed by atoms with E-state index in [-0.39, 0.29) is 18.4 Å². The van der Waals surface area contributed by atoms with E-state index < -0.39 is 5.82 Å². The summed E-state index contributed by atoms with van der Waals surface area (Å²) in [5.41, 5.74) is 1.96. The van der Waals surface area contributed by atoms with Gasteiger partial charge < -0.3 is 18.8 Å². The van der Waals surface area contributed by atoms with Crippen molar-refractivity contribution in [2.24, 2.45) is 0 Å². The number of nitrogens with zero attached hydrogens (tertiary/aromatic N) is 4. The Morgan fingerprint density at radius 3 is 2.91 bits per heavy atom. The Hall–Kier alpha value is -2.82. The second-order valence-corrected chi connectivity index (χ2v) is 9.22. The summed E-state index contributed by atoms with van der Waals surface area (Å²) in [4.78, 5) is 4.75. The lowest BCUT2D eigenvalue weighted by Crippen LogP contribution is -2.07. The largest absolute Gasteiger partial charge is 0.486 e. The zero-order valence-corrected chi connectivity index (χ0v) is 19.8. The number of hydrogen-bond acceptors (Lipinski definition) is 8. The van der Waals surface area contributed by atoms with Crippen molar-refractivity contribution >= 4 is 34.7 Å². The highest BCUT2D eigenvalue weighted by Crippen LogP contribution is 2.37. The number of aromatic nitrogens is 4. The Morgan fingerprint density at radius 2 is 2.06 bits per heavy atom. The summed E-state index contributed by atoms with van der Waals surface area (Å²) < 4.78 is 31.9. The molecule has 1 aliphatic heterocycles. The van der Waals surface area contributed by atoms with Crippen LogP contribution < -0.4 is 14.2 Å². The van der Waals surface area contributed by atoms with Gasteiger partial charge in [0.15, 0.2) is 22.5 Å². The van der Waals surface area contributed by atoms with Crippen molar-refractivity contribution in [1.29, 1.82) is 0 Å². The topological polar surface area (TPSA) is 71.3 Å². The Balaban J connectivity index is 1.23. The molecule has 2 aromatic heterocycles. The number of rotatable bonds is 8. The fraction of sp³-hybridized carbons (Fsp3) is 0.227. The van der Waals surface area contributed by atoms with Crippen molar-refractivity contribution in [2.75, 3.05) is 6.79 Å². The molecule has 0 aliphatic carbocycles. The molecule has 4 aromatic rings. The van der Waals surface area contributed by atoms with Crippen molar-refractivity contribution < 1.29 is 18.6 Å². The third-order valence-electron chi connectivity index (χ3n) is 4.89. The third kappa shape index (κ3) is 4.78. The molecule has 11 heteroatoms. The molecule has 2 aromatic carbocycles. The fourth-order valence-corrected chi connectivity index (χ4v) is 5.25. The molecule has 0 spiro atoms. The van der Waals surface area contributed by atoms with Crippen LogP contribution in [0.2, 0.25) is 5.02 Å². The van der Waals surface area contributed by atoms with Gasteiger partial charge in [0.25, 0.3) is 0 Å². The predicted octanol–water partition coefficient (Wildman–Crippen LogP) is 5.81. The van der Waals surface area contributed by atoms with Gasteiger partial charge in [-0.15, -0.1) is 21.5 Å². The summed E-state index contributed by atoms with van der Waals surface area (Å²) in [5.74, 6) is 2.83. The number of thiazole rings is 1. The molecule has 0 N–H and O–H groups in total. The number of benzene rings is 2. The van der Waals surface area contributed by atoms with Crippen LogP contribution in [0.1, 0.15) is 18.4 Å². The van der Waals surface area contributed by atoms with Crippen LogP contribution in [0, 0.1) is 5.82 Å². The van der Waals surface area contributed by atoms with E-state index in [1.165, 1.54) is 18.2 Å². The van der Waals surface area contributed by atoms with Crippen molar-refractivity contribution in [3.8, 4) is 27.8 Å². The Labute approximate surface area is 202 Å². The van der Waals surface area contributed by atoms with E-state index in [2.05, 4.69) is 10.2 Å². The number of halogens is 2. The SMILES string of the molecule is CCn1c(COc2ccc(F)c(Cl)c2)nnc1SCc1csc(-c2ccc3c(c2)OCO3)n1. The Bertz CT molecular complexity index is 1300. The smallest absolute Gasteiger partial charge is 0.231 e. The van der Waals surface area contributed by atoms with Crippen LogP contribution in [0.4, 0.5) is 4.39 Å². The molecular weight excluding hydrogens is 487 g/mol. The zero-order valence-electron chi connectivity index (χ0n) is 17.5. The first kappa shape index (κ1) is 22.0. The molecule has 0 fully saturated rings. The highest BCUT2D eigenvalue weighted by Gasteiger charge is 2.16. The number of ether oxygens (including phenoxy) is 3. The molecule has 0 atom stereocenters. The number of thioether (sulfide) groups is 1. The first-order valence-electron chi connectivity index (χ1n) is 10.1. The number of hydrogen-bond donors (Lipinski definition) is 0. The van der Waals surface area contributed by atoms with Crippen LogP contribution in [0.15, 0.2) is 46.9 Å². The van der Waals surface area contributed by atoms with Crippen molar-refractivity contribution in [3.63, 3.8) is 0 Å². The number of fused-ring (bicyclic) bond motifs is 1. The molecule has 0 unspecified atom stereocenters. The van der Waals surface area contributed by atoms with E-state index >= 15 is 0 Å². The maximum absolute atomic E-state index is 13.3. The lowest BCUT2D eigenvalue weighted by Gasteiger charge is -2.09. The van der Waals surface area contributed by atoms with E-state index in [9.17, 15) is 4.39 Å². The van der Waals surface area contributed by atoms with Crippen LogP contribution in [0.25, 0.3) is 10.6 Å². The maximum Gasteiger partial charge on any atom is 0.231 e. The normalized spacial score (nSPS) is 12.3. The van der Waals surface area contributed by atoms with Crippen LogP contribution in [-0.2, 0) is 18.9 Å².